The van der Waals surface area contributed by atoms with Gasteiger partial charge < -0.3 is 10.2 Å². The fourth-order valence-electron chi connectivity index (χ4n) is 2.55. The maximum Gasteiger partial charge on any atom is 0.322 e. The highest BCUT2D eigenvalue weighted by molar-refractivity contribution is 7.10. The van der Waals surface area contributed by atoms with Crippen molar-refractivity contribution in [1.82, 2.24) is 4.90 Å². The molecule has 1 aromatic heterocycles. The number of rotatable bonds is 1. The molecular formula is C15H15FN2OS. The number of thiophene rings is 1. The smallest absolute Gasteiger partial charge is 0.317 e. The van der Waals surface area contributed by atoms with E-state index in [4.69, 9.17) is 0 Å². The Balaban J connectivity index is 1.75. The highest BCUT2D eigenvalue weighted by Gasteiger charge is 2.28. The zero-order valence-corrected chi connectivity index (χ0v) is 11.9. The Morgan fingerprint density at radius 2 is 2.30 bits per heavy atom. The highest BCUT2D eigenvalue weighted by Crippen LogP contribution is 2.33. The molecule has 0 spiro atoms. The summed E-state index contributed by atoms with van der Waals surface area (Å²) in [5, 5.41) is 4.82. The summed E-state index contributed by atoms with van der Waals surface area (Å²) in [5.41, 5.74) is 1.70. The summed E-state index contributed by atoms with van der Waals surface area (Å²) in [6, 6.07) is 7.90. The van der Waals surface area contributed by atoms with E-state index in [0.717, 1.165) is 6.42 Å². The Bertz CT molecular complexity index is 640. The number of nitrogens with one attached hydrogen (secondary N) is 1. The van der Waals surface area contributed by atoms with Gasteiger partial charge in [0.25, 0.3) is 0 Å². The van der Waals surface area contributed by atoms with Gasteiger partial charge in [-0.3, -0.25) is 0 Å². The molecule has 1 unspecified atom stereocenters. The molecule has 0 bridgehead atoms. The Labute approximate surface area is 121 Å². The van der Waals surface area contributed by atoms with Crippen LogP contribution < -0.4 is 5.32 Å². The third-order valence-corrected chi connectivity index (χ3v) is 4.61. The molecule has 1 aromatic carbocycles. The molecule has 0 radical (unpaired) electrons. The summed E-state index contributed by atoms with van der Waals surface area (Å²) in [4.78, 5) is 15.5. The van der Waals surface area contributed by atoms with Crippen molar-refractivity contribution in [3.8, 4) is 0 Å². The lowest BCUT2D eigenvalue weighted by atomic mass is 10.0. The number of benzene rings is 1. The molecule has 0 saturated carbocycles. The molecule has 1 aliphatic heterocycles. The van der Waals surface area contributed by atoms with Gasteiger partial charge in [-0.05, 0) is 48.6 Å². The number of nitrogens with zero attached hydrogens (tertiary/aromatic N) is 1. The molecule has 3 nitrogen and oxygen atoms in total. The van der Waals surface area contributed by atoms with Gasteiger partial charge in [0.15, 0.2) is 0 Å². The van der Waals surface area contributed by atoms with Gasteiger partial charge in [0.1, 0.15) is 5.82 Å². The summed E-state index contributed by atoms with van der Waals surface area (Å²) >= 11 is 1.74. The number of hydrogen-bond donors (Lipinski definition) is 1. The predicted octanol–water partition coefficient (Wildman–Crippen LogP) is 4.04. The van der Waals surface area contributed by atoms with Gasteiger partial charge in [0.2, 0.25) is 0 Å². The standard InChI is InChI=1S/C15H15FN2OS/c1-10-13-6-8-20-14(13)5-7-18(10)15(19)17-12-4-2-3-11(16)9-12/h2-4,6,8-10H,5,7H2,1H3,(H,17,19). The summed E-state index contributed by atoms with van der Waals surface area (Å²) in [6.07, 6.45) is 0.883. The van der Waals surface area contributed by atoms with Crippen molar-refractivity contribution in [3.05, 3.63) is 52.0 Å². The average molecular weight is 290 g/mol. The van der Waals surface area contributed by atoms with Crippen LogP contribution in [0.2, 0.25) is 0 Å². The Morgan fingerprint density at radius 1 is 1.45 bits per heavy atom. The van der Waals surface area contributed by atoms with Crippen LogP contribution in [0.3, 0.4) is 0 Å². The van der Waals surface area contributed by atoms with E-state index in [1.54, 1.807) is 28.4 Å². The lowest BCUT2D eigenvalue weighted by Gasteiger charge is -2.33. The van der Waals surface area contributed by atoms with Gasteiger partial charge >= 0.3 is 6.03 Å². The second-order valence-electron chi connectivity index (χ2n) is 4.86. The third kappa shape index (κ3) is 2.41. The molecule has 3 rings (SSSR count). The van der Waals surface area contributed by atoms with Gasteiger partial charge in [-0.25, -0.2) is 9.18 Å². The topological polar surface area (TPSA) is 32.3 Å². The van der Waals surface area contributed by atoms with Gasteiger partial charge in [-0.1, -0.05) is 6.07 Å². The minimum absolute atomic E-state index is 0.0542. The van der Waals surface area contributed by atoms with Crippen LogP contribution in [0.5, 0.6) is 0 Å². The highest BCUT2D eigenvalue weighted by atomic mass is 32.1. The molecule has 1 N–H and O–H groups in total. The minimum atomic E-state index is -0.352. The summed E-state index contributed by atoms with van der Waals surface area (Å²) < 4.78 is 13.1. The first kappa shape index (κ1) is 13.1. The SMILES string of the molecule is CC1c2ccsc2CCN1C(=O)Nc1cccc(F)c1. The summed E-state index contributed by atoms with van der Waals surface area (Å²) in [7, 11) is 0. The number of anilines is 1. The molecule has 2 heterocycles. The fourth-order valence-corrected chi connectivity index (χ4v) is 3.51. The average Bonchev–Trinajstić information content (AvgIpc) is 2.88. The maximum absolute atomic E-state index is 13.1. The van der Waals surface area contributed by atoms with Gasteiger partial charge in [-0.2, -0.15) is 0 Å². The van der Waals surface area contributed by atoms with Crippen molar-refractivity contribution in [1.29, 1.82) is 0 Å². The van der Waals surface area contributed by atoms with Crippen LogP contribution in [0.1, 0.15) is 23.4 Å². The first-order valence-corrected chi connectivity index (χ1v) is 7.42. The third-order valence-electron chi connectivity index (χ3n) is 3.61. The van der Waals surface area contributed by atoms with Crippen LogP contribution in [-0.4, -0.2) is 17.5 Å². The number of carbonyl (C=O) groups is 1. The fraction of sp³-hybridized carbons (Fsp3) is 0.267. The van der Waals surface area contributed by atoms with E-state index >= 15 is 0 Å². The summed E-state index contributed by atoms with van der Waals surface area (Å²) in [6.45, 7) is 2.71. The van der Waals surface area contributed by atoms with E-state index in [9.17, 15) is 9.18 Å². The zero-order chi connectivity index (χ0) is 14.1. The largest absolute Gasteiger partial charge is 0.322 e. The van der Waals surface area contributed by atoms with Gasteiger partial charge in [-0.15, -0.1) is 11.3 Å². The predicted molar refractivity (Wildman–Crippen MR) is 78.6 cm³/mol. The van der Waals surface area contributed by atoms with Crippen LogP contribution >= 0.6 is 11.3 Å². The van der Waals surface area contributed by atoms with Crippen molar-refractivity contribution in [2.75, 3.05) is 11.9 Å². The van der Waals surface area contributed by atoms with Gasteiger partial charge in [0.05, 0.1) is 6.04 Å². The molecule has 1 atom stereocenters. The van der Waals surface area contributed by atoms with E-state index in [1.807, 2.05) is 6.92 Å². The van der Waals surface area contributed by atoms with Crippen molar-refractivity contribution in [2.24, 2.45) is 0 Å². The Hall–Kier alpha value is -1.88. The Kier molecular flexibility index (Phi) is 3.44. The van der Waals surface area contributed by atoms with E-state index < -0.39 is 0 Å². The summed E-state index contributed by atoms with van der Waals surface area (Å²) in [5.74, 6) is -0.352. The van der Waals surface area contributed by atoms with Crippen molar-refractivity contribution in [2.45, 2.75) is 19.4 Å². The number of amides is 2. The lowest BCUT2D eigenvalue weighted by molar-refractivity contribution is 0.189. The van der Waals surface area contributed by atoms with E-state index in [0.29, 0.717) is 12.2 Å². The monoisotopic (exact) mass is 290 g/mol. The second-order valence-corrected chi connectivity index (χ2v) is 5.86. The minimum Gasteiger partial charge on any atom is -0.317 e. The normalized spacial score (nSPS) is 17.7. The molecule has 104 valence electrons. The first-order valence-electron chi connectivity index (χ1n) is 6.54. The number of halogens is 1. The molecule has 0 aliphatic carbocycles. The molecule has 20 heavy (non-hydrogen) atoms. The van der Waals surface area contributed by atoms with Crippen LogP contribution in [0.15, 0.2) is 35.7 Å². The molecular weight excluding hydrogens is 275 g/mol. The molecule has 0 fully saturated rings. The maximum atomic E-state index is 13.1. The van der Waals surface area contributed by atoms with Crippen molar-refractivity contribution < 1.29 is 9.18 Å². The van der Waals surface area contributed by atoms with E-state index in [-0.39, 0.29) is 17.9 Å². The first-order chi connectivity index (χ1) is 9.65. The number of urea groups is 1. The molecule has 5 heteroatoms. The van der Waals surface area contributed by atoms with E-state index in [2.05, 4.69) is 16.8 Å². The lowest BCUT2D eigenvalue weighted by Crippen LogP contribution is -2.40. The van der Waals surface area contributed by atoms with E-state index in [1.165, 1.54) is 22.6 Å². The van der Waals surface area contributed by atoms with Crippen LogP contribution in [0.4, 0.5) is 14.9 Å². The Morgan fingerprint density at radius 3 is 3.10 bits per heavy atom. The van der Waals surface area contributed by atoms with Crippen LogP contribution in [-0.2, 0) is 6.42 Å². The molecule has 1 aliphatic rings. The number of fused-ring (bicyclic) bond motifs is 1. The number of carbonyl (C=O) groups excluding carboxylic acids is 1. The number of hydrogen-bond acceptors (Lipinski definition) is 2. The van der Waals surface area contributed by atoms with Crippen molar-refractivity contribution >= 4 is 23.1 Å². The van der Waals surface area contributed by atoms with Crippen LogP contribution in [0.25, 0.3) is 0 Å². The zero-order valence-electron chi connectivity index (χ0n) is 11.1. The molecule has 2 amide bonds. The quantitative estimate of drug-likeness (QED) is 0.844. The second kappa shape index (κ2) is 5.25. The molecule has 2 aromatic rings. The van der Waals surface area contributed by atoms with Gasteiger partial charge in [0, 0.05) is 17.1 Å². The van der Waals surface area contributed by atoms with Crippen molar-refractivity contribution in [3.63, 3.8) is 0 Å². The molecule has 0 saturated heterocycles. The van der Waals surface area contributed by atoms with Crippen LogP contribution in [0, 0.1) is 5.82 Å².